The van der Waals surface area contributed by atoms with Crippen LogP contribution in [0.15, 0.2) is 51.7 Å². The zero-order valence-electron chi connectivity index (χ0n) is 19.9. The maximum absolute atomic E-state index is 12.4. The van der Waals surface area contributed by atoms with E-state index in [1.807, 2.05) is 18.2 Å². The van der Waals surface area contributed by atoms with Crippen LogP contribution in [0, 0.1) is 5.92 Å². The second-order valence-corrected chi connectivity index (χ2v) is 9.40. The number of hydrogen-bond donors (Lipinski definition) is 0. The highest BCUT2D eigenvalue weighted by Gasteiger charge is 2.20. The van der Waals surface area contributed by atoms with Gasteiger partial charge in [-0.15, -0.1) is 12.4 Å². The molecule has 1 fully saturated rings. The average molecular weight is 484 g/mol. The van der Waals surface area contributed by atoms with Crippen LogP contribution in [0.3, 0.4) is 0 Å². The van der Waals surface area contributed by atoms with Crippen molar-refractivity contribution in [1.82, 2.24) is 4.90 Å². The van der Waals surface area contributed by atoms with Gasteiger partial charge in [0.25, 0.3) is 0 Å². The minimum absolute atomic E-state index is 0. The van der Waals surface area contributed by atoms with Crippen molar-refractivity contribution < 1.29 is 13.9 Å². The molecule has 0 spiro atoms. The smallest absolute Gasteiger partial charge is 0.339 e. The summed E-state index contributed by atoms with van der Waals surface area (Å²) in [4.78, 5) is 14.8. The molecule has 3 aromatic rings. The molecule has 2 aliphatic rings. The Bertz CT molecular complexity index is 1170. The fourth-order valence-electron chi connectivity index (χ4n) is 5.36. The Kier molecular flexibility index (Phi) is 8.17. The van der Waals surface area contributed by atoms with Gasteiger partial charge < -0.3 is 13.9 Å². The fourth-order valence-corrected chi connectivity index (χ4v) is 5.36. The molecule has 0 unspecified atom stereocenters. The molecule has 5 rings (SSSR count). The molecule has 1 aliphatic carbocycles. The van der Waals surface area contributed by atoms with Gasteiger partial charge in [-0.05, 0) is 99.3 Å². The van der Waals surface area contributed by atoms with Crippen LogP contribution >= 0.6 is 12.4 Å². The Morgan fingerprint density at radius 1 is 1.00 bits per heavy atom. The van der Waals surface area contributed by atoms with E-state index < -0.39 is 0 Å². The third-order valence-corrected chi connectivity index (χ3v) is 7.24. The SMILES string of the molecule is COc1cccc(CC2CCN(CCOc3ccc4c5c(c(=O)oc4c3)CCCC5)CC2)c1.Cl. The maximum atomic E-state index is 12.4. The summed E-state index contributed by atoms with van der Waals surface area (Å²) in [6.45, 7) is 3.77. The number of likely N-dealkylation sites (tertiary alicyclic amines) is 1. The summed E-state index contributed by atoms with van der Waals surface area (Å²) < 4.78 is 17.0. The van der Waals surface area contributed by atoms with Gasteiger partial charge in [0.15, 0.2) is 0 Å². The Morgan fingerprint density at radius 2 is 1.79 bits per heavy atom. The number of rotatable bonds is 7. The van der Waals surface area contributed by atoms with Crippen LogP contribution < -0.4 is 15.1 Å². The lowest BCUT2D eigenvalue weighted by atomic mass is 9.90. The Morgan fingerprint density at radius 3 is 2.59 bits per heavy atom. The summed E-state index contributed by atoms with van der Waals surface area (Å²) in [7, 11) is 1.72. The van der Waals surface area contributed by atoms with Gasteiger partial charge in [-0.3, -0.25) is 4.90 Å². The standard InChI is InChI=1S/C28H33NO4.ClH/c1-31-22-6-4-5-21(18-22)17-20-11-13-29(14-12-20)15-16-32-23-9-10-25-24-7-2-3-8-26(24)28(30)33-27(25)19-23;/h4-6,9-10,18-20H,2-3,7-8,11-17H2,1H3;1H. The largest absolute Gasteiger partial charge is 0.497 e. The predicted octanol–water partition coefficient (Wildman–Crippen LogP) is 5.44. The summed E-state index contributed by atoms with van der Waals surface area (Å²) in [6, 6.07) is 14.4. The first-order chi connectivity index (χ1) is 16.2. The van der Waals surface area contributed by atoms with Crippen LogP contribution in [-0.4, -0.2) is 38.3 Å². The molecule has 0 radical (unpaired) electrons. The van der Waals surface area contributed by atoms with E-state index in [2.05, 4.69) is 29.2 Å². The molecule has 0 N–H and O–H groups in total. The van der Waals surface area contributed by atoms with E-state index in [1.165, 1.54) is 24.0 Å². The lowest BCUT2D eigenvalue weighted by molar-refractivity contribution is 0.155. The van der Waals surface area contributed by atoms with Crippen LogP contribution in [0.25, 0.3) is 11.0 Å². The van der Waals surface area contributed by atoms with E-state index in [9.17, 15) is 4.79 Å². The zero-order chi connectivity index (χ0) is 22.6. The van der Waals surface area contributed by atoms with Gasteiger partial charge in [0.05, 0.1) is 7.11 Å². The summed E-state index contributed by atoms with van der Waals surface area (Å²) in [5.74, 6) is 2.44. The monoisotopic (exact) mass is 483 g/mol. The number of benzene rings is 2. The molecular weight excluding hydrogens is 450 g/mol. The van der Waals surface area contributed by atoms with Gasteiger partial charge in [0.2, 0.25) is 0 Å². The van der Waals surface area contributed by atoms with Gasteiger partial charge >= 0.3 is 5.63 Å². The molecule has 182 valence electrons. The van der Waals surface area contributed by atoms with E-state index in [0.717, 1.165) is 80.1 Å². The van der Waals surface area contributed by atoms with E-state index in [0.29, 0.717) is 12.2 Å². The third-order valence-electron chi connectivity index (χ3n) is 7.24. The molecule has 5 nitrogen and oxygen atoms in total. The first-order valence-corrected chi connectivity index (χ1v) is 12.3. The molecule has 2 aromatic carbocycles. The summed E-state index contributed by atoms with van der Waals surface area (Å²) in [6.07, 6.45) is 7.55. The maximum Gasteiger partial charge on any atom is 0.339 e. The van der Waals surface area contributed by atoms with Gasteiger partial charge in [0.1, 0.15) is 23.7 Å². The van der Waals surface area contributed by atoms with Gasteiger partial charge in [-0.2, -0.15) is 0 Å². The fraction of sp³-hybridized carbons (Fsp3) is 0.464. The van der Waals surface area contributed by atoms with Crippen molar-refractivity contribution in [3.63, 3.8) is 0 Å². The Balaban J connectivity index is 0.00000274. The van der Waals surface area contributed by atoms with E-state index in [4.69, 9.17) is 13.9 Å². The second-order valence-electron chi connectivity index (χ2n) is 9.40. The lowest BCUT2D eigenvalue weighted by Gasteiger charge is -2.32. The minimum Gasteiger partial charge on any atom is -0.497 e. The quantitative estimate of drug-likeness (QED) is 0.419. The van der Waals surface area contributed by atoms with Crippen LogP contribution in [0.1, 0.15) is 42.4 Å². The number of nitrogens with zero attached hydrogens (tertiary/aromatic N) is 1. The summed E-state index contributed by atoms with van der Waals surface area (Å²) >= 11 is 0. The van der Waals surface area contributed by atoms with Crippen molar-refractivity contribution in [1.29, 1.82) is 0 Å². The first-order valence-electron chi connectivity index (χ1n) is 12.3. The highest BCUT2D eigenvalue weighted by molar-refractivity contribution is 5.85. The number of hydrogen-bond acceptors (Lipinski definition) is 5. The van der Waals surface area contributed by atoms with Crippen molar-refractivity contribution in [3.8, 4) is 11.5 Å². The molecule has 0 bridgehead atoms. The zero-order valence-corrected chi connectivity index (χ0v) is 20.7. The first kappa shape index (κ1) is 24.6. The molecule has 0 amide bonds. The topological polar surface area (TPSA) is 51.9 Å². The molecule has 0 saturated carbocycles. The Hall–Kier alpha value is -2.50. The molecule has 34 heavy (non-hydrogen) atoms. The lowest BCUT2D eigenvalue weighted by Crippen LogP contribution is -2.37. The van der Waals surface area contributed by atoms with Crippen molar-refractivity contribution in [3.05, 3.63) is 69.6 Å². The number of methoxy groups -OCH3 is 1. The number of halogens is 1. The van der Waals surface area contributed by atoms with Crippen LogP contribution in [0.2, 0.25) is 0 Å². The average Bonchev–Trinajstić information content (AvgIpc) is 2.85. The number of aryl methyl sites for hydroxylation is 1. The normalized spacial score (nSPS) is 16.6. The van der Waals surface area contributed by atoms with Crippen molar-refractivity contribution >= 4 is 23.4 Å². The number of fused-ring (bicyclic) bond motifs is 3. The molecule has 2 heterocycles. The van der Waals surface area contributed by atoms with Crippen molar-refractivity contribution in [2.75, 3.05) is 33.4 Å². The van der Waals surface area contributed by atoms with E-state index >= 15 is 0 Å². The third kappa shape index (κ3) is 5.59. The van der Waals surface area contributed by atoms with Crippen LogP contribution in [0.4, 0.5) is 0 Å². The summed E-state index contributed by atoms with van der Waals surface area (Å²) in [5, 5.41) is 1.06. The highest BCUT2D eigenvalue weighted by Crippen LogP contribution is 2.29. The minimum atomic E-state index is -0.175. The second kappa shape index (κ2) is 11.3. The molecule has 0 atom stereocenters. The van der Waals surface area contributed by atoms with Crippen molar-refractivity contribution in [2.24, 2.45) is 5.92 Å². The molecule has 6 heteroatoms. The van der Waals surface area contributed by atoms with Gasteiger partial charge in [0, 0.05) is 23.6 Å². The number of piperidine rings is 1. The molecule has 1 aliphatic heterocycles. The van der Waals surface area contributed by atoms with Crippen LogP contribution in [-0.2, 0) is 19.3 Å². The number of ether oxygens (including phenoxy) is 2. The van der Waals surface area contributed by atoms with Gasteiger partial charge in [-0.1, -0.05) is 12.1 Å². The Labute approximate surface area is 207 Å². The highest BCUT2D eigenvalue weighted by atomic mass is 35.5. The summed E-state index contributed by atoms with van der Waals surface area (Å²) in [5.41, 5.74) is 3.89. The molecule has 1 saturated heterocycles. The van der Waals surface area contributed by atoms with Crippen LogP contribution in [0.5, 0.6) is 11.5 Å². The van der Waals surface area contributed by atoms with E-state index in [1.54, 1.807) is 7.11 Å². The van der Waals surface area contributed by atoms with E-state index in [-0.39, 0.29) is 18.0 Å². The van der Waals surface area contributed by atoms with Crippen molar-refractivity contribution in [2.45, 2.75) is 44.9 Å². The molecular formula is C28H34ClNO4. The van der Waals surface area contributed by atoms with Gasteiger partial charge in [-0.25, -0.2) is 4.79 Å². The predicted molar refractivity (Wildman–Crippen MR) is 138 cm³/mol. The molecule has 1 aromatic heterocycles.